The molecule has 0 saturated carbocycles. The van der Waals surface area contributed by atoms with Gasteiger partial charge >= 0.3 is 5.97 Å². The Morgan fingerprint density at radius 1 is 1.67 bits per heavy atom. The molecule has 1 aromatic heterocycles. The van der Waals surface area contributed by atoms with E-state index in [9.17, 15) is 4.79 Å². The molecule has 2 rings (SSSR count). The van der Waals surface area contributed by atoms with E-state index in [1.54, 1.807) is 17.8 Å². The lowest BCUT2D eigenvalue weighted by Crippen LogP contribution is -2.09. The highest BCUT2D eigenvalue weighted by atomic mass is 35.5. The van der Waals surface area contributed by atoms with Gasteiger partial charge in [-0.3, -0.25) is 4.68 Å². The normalized spacial score (nSPS) is 15.1. The van der Waals surface area contributed by atoms with Gasteiger partial charge in [0, 0.05) is 13.5 Å². The summed E-state index contributed by atoms with van der Waals surface area (Å²) >= 11 is 5.91. The van der Waals surface area contributed by atoms with Gasteiger partial charge in [-0.2, -0.15) is 5.10 Å². The van der Waals surface area contributed by atoms with Crippen molar-refractivity contribution in [2.24, 2.45) is 12.0 Å². The lowest BCUT2D eigenvalue weighted by Gasteiger charge is -1.99. The molecule has 2 heterocycles. The molecule has 1 aliphatic rings. The summed E-state index contributed by atoms with van der Waals surface area (Å²) < 4.78 is 1.57. The minimum atomic E-state index is -1.00. The van der Waals surface area contributed by atoms with E-state index in [-0.39, 0.29) is 5.71 Å². The summed E-state index contributed by atoms with van der Waals surface area (Å²) in [7, 11) is 1.73. The Balaban J connectivity index is 2.39. The molecule has 0 aliphatic carbocycles. The van der Waals surface area contributed by atoms with Gasteiger partial charge in [0.05, 0.1) is 16.9 Å². The molecule has 0 radical (unpaired) electrons. The van der Waals surface area contributed by atoms with E-state index in [1.165, 1.54) is 6.20 Å². The van der Waals surface area contributed by atoms with Gasteiger partial charge in [-0.25, -0.2) is 9.79 Å². The molecule has 6 heteroatoms. The third-order valence-corrected chi connectivity index (χ3v) is 2.40. The van der Waals surface area contributed by atoms with Gasteiger partial charge in [0.2, 0.25) is 0 Å². The van der Waals surface area contributed by atoms with Crippen LogP contribution in [0.5, 0.6) is 0 Å². The first-order valence-corrected chi connectivity index (χ1v) is 4.66. The number of carboxylic acid groups (broad SMARTS) is 1. The van der Waals surface area contributed by atoms with E-state index >= 15 is 0 Å². The summed E-state index contributed by atoms with van der Waals surface area (Å²) in [6.45, 7) is 0. The predicted molar refractivity (Wildman–Crippen MR) is 55.9 cm³/mol. The van der Waals surface area contributed by atoms with Crippen molar-refractivity contribution in [2.45, 2.75) is 6.42 Å². The molecule has 0 unspecified atom stereocenters. The van der Waals surface area contributed by atoms with Crippen LogP contribution in [-0.4, -0.2) is 26.6 Å². The minimum Gasteiger partial charge on any atom is -0.477 e. The van der Waals surface area contributed by atoms with E-state index in [0.29, 0.717) is 22.8 Å². The number of nitrogens with zero attached hydrogens (tertiary/aromatic N) is 3. The fraction of sp³-hybridized carbons (Fsp3) is 0.222. The van der Waals surface area contributed by atoms with Crippen LogP contribution in [0.15, 0.2) is 17.3 Å². The van der Waals surface area contributed by atoms with E-state index in [2.05, 4.69) is 10.1 Å². The third kappa shape index (κ3) is 1.66. The molecule has 1 N–H and O–H groups in total. The van der Waals surface area contributed by atoms with Crippen LogP contribution in [-0.2, 0) is 11.8 Å². The number of rotatable bonds is 2. The zero-order valence-electron chi connectivity index (χ0n) is 7.94. The Hall–Kier alpha value is -1.62. The van der Waals surface area contributed by atoms with Crippen LogP contribution in [0.2, 0.25) is 5.02 Å². The van der Waals surface area contributed by atoms with Gasteiger partial charge in [-0.15, -0.1) is 0 Å². The van der Waals surface area contributed by atoms with E-state index in [0.717, 1.165) is 0 Å². The first-order valence-electron chi connectivity index (χ1n) is 4.28. The summed E-state index contributed by atoms with van der Waals surface area (Å²) in [5.41, 5.74) is 1.34. The molecular weight excluding hydrogens is 218 g/mol. The second-order valence-corrected chi connectivity index (χ2v) is 3.53. The van der Waals surface area contributed by atoms with Crippen molar-refractivity contribution in [1.29, 1.82) is 0 Å². The van der Waals surface area contributed by atoms with Crippen molar-refractivity contribution in [3.05, 3.63) is 23.0 Å². The molecule has 0 spiro atoms. The van der Waals surface area contributed by atoms with E-state index < -0.39 is 5.97 Å². The van der Waals surface area contributed by atoms with Crippen molar-refractivity contribution >= 4 is 29.0 Å². The van der Waals surface area contributed by atoms with Crippen LogP contribution in [0, 0.1) is 0 Å². The summed E-state index contributed by atoms with van der Waals surface area (Å²) in [6, 6.07) is 0. The topological polar surface area (TPSA) is 67.5 Å². The number of aliphatic carboxylic acids is 1. The van der Waals surface area contributed by atoms with Crippen molar-refractivity contribution in [1.82, 2.24) is 9.78 Å². The molecule has 0 saturated heterocycles. The highest BCUT2D eigenvalue weighted by Crippen LogP contribution is 2.27. The quantitative estimate of drug-likeness (QED) is 0.826. The highest BCUT2D eigenvalue weighted by Gasteiger charge is 2.19. The SMILES string of the molecule is Cn1ncc(Cl)c1C1=CCC(C(=O)O)=N1. The molecule has 5 nitrogen and oxygen atoms in total. The van der Waals surface area contributed by atoms with Crippen LogP contribution in [0.1, 0.15) is 12.1 Å². The Morgan fingerprint density at radius 2 is 2.40 bits per heavy atom. The van der Waals surface area contributed by atoms with Crippen molar-refractivity contribution < 1.29 is 9.90 Å². The zero-order valence-corrected chi connectivity index (χ0v) is 8.69. The Kier molecular flexibility index (Phi) is 2.32. The van der Waals surface area contributed by atoms with Crippen LogP contribution in [0.25, 0.3) is 5.70 Å². The molecule has 78 valence electrons. The molecular formula is C9H8ClN3O2. The second kappa shape index (κ2) is 3.51. The fourth-order valence-electron chi connectivity index (χ4n) is 1.41. The number of hydrogen-bond acceptors (Lipinski definition) is 3. The molecule has 1 aliphatic heterocycles. The van der Waals surface area contributed by atoms with E-state index in [1.807, 2.05) is 0 Å². The van der Waals surface area contributed by atoms with Crippen molar-refractivity contribution in [2.75, 3.05) is 0 Å². The Labute approximate surface area is 90.7 Å². The molecule has 1 aromatic rings. The second-order valence-electron chi connectivity index (χ2n) is 3.12. The number of aryl methyl sites for hydroxylation is 1. The van der Waals surface area contributed by atoms with E-state index in [4.69, 9.17) is 16.7 Å². The minimum absolute atomic E-state index is 0.127. The zero-order chi connectivity index (χ0) is 11.0. The van der Waals surface area contributed by atoms with Crippen LogP contribution >= 0.6 is 11.6 Å². The summed E-state index contributed by atoms with van der Waals surface area (Å²) in [6.07, 6.45) is 3.56. The van der Waals surface area contributed by atoms with Gasteiger partial charge in [0.15, 0.2) is 0 Å². The lowest BCUT2D eigenvalue weighted by atomic mass is 10.2. The summed E-state index contributed by atoms with van der Waals surface area (Å²) in [5, 5.41) is 13.2. The average Bonchev–Trinajstić information content (AvgIpc) is 2.73. The van der Waals surface area contributed by atoms with Crippen LogP contribution in [0.4, 0.5) is 0 Å². The number of carboxylic acids is 1. The average molecular weight is 226 g/mol. The number of halogens is 1. The maximum Gasteiger partial charge on any atom is 0.350 e. The predicted octanol–water partition coefficient (Wildman–Crippen LogP) is 1.34. The molecule has 15 heavy (non-hydrogen) atoms. The van der Waals surface area contributed by atoms with Gasteiger partial charge in [-0.1, -0.05) is 17.7 Å². The maximum atomic E-state index is 10.7. The molecule has 0 aromatic carbocycles. The van der Waals surface area contributed by atoms with Gasteiger partial charge < -0.3 is 5.11 Å². The number of aliphatic imine (C=N–C) groups is 1. The monoisotopic (exact) mass is 225 g/mol. The molecule has 0 atom stereocenters. The first kappa shape index (κ1) is 9.92. The fourth-order valence-corrected chi connectivity index (χ4v) is 1.68. The molecule has 0 amide bonds. The largest absolute Gasteiger partial charge is 0.477 e. The third-order valence-electron chi connectivity index (χ3n) is 2.13. The summed E-state index contributed by atoms with van der Waals surface area (Å²) in [4.78, 5) is 14.7. The van der Waals surface area contributed by atoms with Crippen LogP contribution < -0.4 is 0 Å². The van der Waals surface area contributed by atoms with Gasteiger partial charge in [0.25, 0.3) is 0 Å². The summed E-state index contributed by atoms with van der Waals surface area (Å²) in [5.74, 6) is -1.00. The van der Waals surface area contributed by atoms with Crippen molar-refractivity contribution in [3.63, 3.8) is 0 Å². The standard InChI is InChI=1S/C9H8ClN3O2/c1-13-8(5(10)4-11-13)6-2-3-7(12-6)9(14)15/h2,4H,3H2,1H3,(H,14,15). The number of allylic oxidation sites excluding steroid dienone is 1. The van der Waals surface area contributed by atoms with Crippen LogP contribution in [0.3, 0.4) is 0 Å². The first-order chi connectivity index (χ1) is 7.09. The Morgan fingerprint density at radius 3 is 2.87 bits per heavy atom. The molecule has 0 fully saturated rings. The highest BCUT2D eigenvalue weighted by molar-refractivity contribution is 6.38. The van der Waals surface area contributed by atoms with Crippen molar-refractivity contribution in [3.8, 4) is 0 Å². The van der Waals surface area contributed by atoms with Gasteiger partial charge in [-0.05, 0) is 0 Å². The molecule has 0 bridgehead atoms. The smallest absolute Gasteiger partial charge is 0.350 e. The number of aromatic nitrogens is 2. The number of carbonyl (C=O) groups is 1. The lowest BCUT2D eigenvalue weighted by molar-refractivity contribution is -0.129. The Bertz CT molecular complexity index is 468. The maximum absolute atomic E-state index is 10.7. The van der Waals surface area contributed by atoms with Gasteiger partial charge in [0.1, 0.15) is 11.4 Å². The number of hydrogen-bond donors (Lipinski definition) is 1.